The van der Waals surface area contributed by atoms with Crippen LogP contribution < -0.4 is 0 Å². The summed E-state index contributed by atoms with van der Waals surface area (Å²) in [5.74, 6) is 0. The summed E-state index contributed by atoms with van der Waals surface area (Å²) in [4.78, 5) is 0. The van der Waals surface area contributed by atoms with Crippen molar-refractivity contribution in [3.8, 4) is 33.4 Å². The van der Waals surface area contributed by atoms with Crippen LogP contribution in [0.25, 0.3) is 77.3 Å². The Balaban J connectivity index is 1.38. The SMILES string of the molecule is Cc1cc(C)c(-c2ccc(-c3c4ccccc4c(-c4cccc(C(/C=C\C=N)=C\c5ccccc5)c4)c4ccccc34)c3ccccc23)c(C)c1. The lowest BCUT2D eigenvalue weighted by molar-refractivity contribution is 1.32. The van der Waals surface area contributed by atoms with E-state index in [-0.39, 0.29) is 0 Å². The Hall–Kier alpha value is -6.31. The first-order valence-corrected chi connectivity index (χ1v) is 17.6. The van der Waals surface area contributed by atoms with Gasteiger partial charge in [-0.05, 0) is 133 Å². The van der Waals surface area contributed by atoms with Gasteiger partial charge >= 0.3 is 0 Å². The minimum absolute atomic E-state index is 1.06. The predicted molar refractivity (Wildman–Crippen MR) is 222 cm³/mol. The molecule has 0 atom stereocenters. The molecule has 8 aromatic rings. The van der Waals surface area contributed by atoms with Gasteiger partial charge in [-0.25, -0.2) is 0 Å². The predicted octanol–water partition coefficient (Wildman–Crippen LogP) is 13.8. The molecule has 1 heteroatoms. The summed E-state index contributed by atoms with van der Waals surface area (Å²) in [6, 6.07) is 55.2. The van der Waals surface area contributed by atoms with Gasteiger partial charge in [0, 0.05) is 6.21 Å². The monoisotopic (exact) mass is 653 g/mol. The van der Waals surface area contributed by atoms with E-state index in [2.05, 4.69) is 172 Å². The Labute approximate surface area is 300 Å². The summed E-state index contributed by atoms with van der Waals surface area (Å²) in [6.07, 6.45) is 7.33. The Morgan fingerprint density at radius 2 is 0.980 bits per heavy atom. The molecule has 0 aliphatic carbocycles. The molecule has 8 rings (SSSR count). The topological polar surface area (TPSA) is 23.9 Å². The normalized spacial score (nSPS) is 11.9. The van der Waals surface area contributed by atoms with Crippen molar-refractivity contribution in [3.05, 3.63) is 192 Å². The maximum atomic E-state index is 7.68. The molecule has 0 aliphatic rings. The van der Waals surface area contributed by atoms with Crippen LogP contribution in [0, 0.1) is 26.2 Å². The molecule has 1 N–H and O–H groups in total. The molecular weight excluding hydrogens is 615 g/mol. The standard InChI is InChI=1S/C50H39N/c1-33-29-34(2)48(35(3)30-33)46-26-27-47(41-21-8-7-20-40(41)46)50-44-24-11-9-22-42(44)49(43-23-10-12-25-45(43)50)39-18-13-17-38(32-39)37(19-14-28-51)31-36-15-5-4-6-16-36/h4-32,51H,1-3H3/b19-14-,37-31-,51-28?. The summed E-state index contributed by atoms with van der Waals surface area (Å²) in [6.45, 7) is 6.64. The number of hydrogen-bond acceptors (Lipinski definition) is 1. The van der Waals surface area contributed by atoms with Crippen LogP contribution in [0.4, 0.5) is 0 Å². The molecule has 51 heavy (non-hydrogen) atoms. The van der Waals surface area contributed by atoms with E-state index < -0.39 is 0 Å². The average Bonchev–Trinajstić information content (AvgIpc) is 3.16. The number of benzene rings is 8. The second-order valence-electron chi connectivity index (χ2n) is 13.4. The third-order valence-corrected chi connectivity index (χ3v) is 10.0. The zero-order chi connectivity index (χ0) is 34.9. The molecule has 0 heterocycles. The van der Waals surface area contributed by atoms with Gasteiger partial charge in [-0.1, -0.05) is 157 Å². The molecule has 0 unspecified atom stereocenters. The fraction of sp³-hybridized carbons (Fsp3) is 0.0600. The molecule has 0 aliphatic heterocycles. The molecule has 0 spiro atoms. The van der Waals surface area contributed by atoms with E-state index in [1.54, 1.807) is 6.08 Å². The highest BCUT2D eigenvalue weighted by Crippen LogP contribution is 2.47. The molecule has 0 fully saturated rings. The van der Waals surface area contributed by atoms with Crippen molar-refractivity contribution in [3.63, 3.8) is 0 Å². The largest absolute Gasteiger partial charge is 0.309 e. The fourth-order valence-corrected chi connectivity index (χ4v) is 8.03. The van der Waals surface area contributed by atoms with Crippen molar-refractivity contribution in [2.24, 2.45) is 0 Å². The van der Waals surface area contributed by atoms with Crippen LogP contribution in [-0.4, -0.2) is 6.21 Å². The van der Waals surface area contributed by atoms with Crippen LogP contribution in [0.3, 0.4) is 0 Å². The fourth-order valence-electron chi connectivity index (χ4n) is 8.03. The van der Waals surface area contributed by atoms with Gasteiger partial charge in [0.15, 0.2) is 0 Å². The lowest BCUT2D eigenvalue weighted by Crippen LogP contribution is -1.94. The quantitative estimate of drug-likeness (QED) is 0.0766. The first-order chi connectivity index (χ1) is 25.0. The minimum Gasteiger partial charge on any atom is -0.309 e. The zero-order valence-electron chi connectivity index (χ0n) is 29.2. The highest BCUT2D eigenvalue weighted by molar-refractivity contribution is 6.24. The highest BCUT2D eigenvalue weighted by Gasteiger charge is 2.20. The first kappa shape index (κ1) is 31.9. The van der Waals surface area contributed by atoms with Gasteiger partial charge in [0.1, 0.15) is 0 Å². The van der Waals surface area contributed by atoms with E-state index in [4.69, 9.17) is 5.41 Å². The Kier molecular flexibility index (Phi) is 8.48. The molecule has 0 amide bonds. The molecule has 0 saturated heterocycles. The minimum atomic E-state index is 1.06. The van der Waals surface area contributed by atoms with Crippen molar-refractivity contribution in [2.45, 2.75) is 20.8 Å². The van der Waals surface area contributed by atoms with Gasteiger partial charge in [-0.3, -0.25) is 0 Å². The van der Waals surface area contributed by atoms with Crippen molar-refractivity contribution in [2.75, 3.05) is 0 Å². The smallest absolute Gasteiger partial charge is 0.0177 e. The molecule has 244 valence electrons. The second kappa shape index (κ2) is 13.5. The summed E-state index contributed by atoms with van der Waals surface area (Å²) >= 11 is 0. The first-order valence-electron chi connectivity index (χ1n) is 17.6. The van der Waals surface area contributed by atoms with E-state index in [0.717, 1.165) is 16.7 Å². The average molecular weight is 654 g/mol. The van der Waals surface area contributed by atoms with Crippen LogP contribution in [0.15, 0.2) is 164 Å². The summed E-state index contributed by atoms with van der Waals surface area (Å²) in [5.41, 5.74) is 14.7. The Morgan fingerprint density at radius 1 is 0.471 bits per heavy atom. The van der Waals surface area contributed by atoms with E-state index in [9.17, 15) is 0 Å². The number of rotatable bonds is 7. The van der Waals surface area contributed by atoms with Crippen LogP contribution in [0.1, 0.15) is 27.8 Å². The van der Waals surface area contributed by atoms with Gasteiger partial charge in [0.2, 0.25) is 0 Å². The van der Waals surface area contributed by atoms with Gasteiger partial charge in [0.25, 0.3) is 0 Å². The van der Waals surface area contributed by atoms with E-state index in [0.29, 0.717) is 0 Å². The summed E-state index contributed by atoms with van der Waals surface area (Å²) < 4.78 is 0. The van der Waals surface area contributed by atoms with E-state index >= 15 is 0 Å². The summed E-state index contributed by atoms with van der Waals surface area (Å²) in [5, 5.41) is 15.1. The number of nitrogens with one attached hydrogen (secondary N) is 1. The van der Waals surface area contributed by atoms with Crippen LogP contribution in [0.2, 0.25) is 0 Å². The van der Waals surface area contributed by atoms with Crippen molar-refractivity contribution >= 4 is 50.2 Å². The third kappa shape index (κ3) is 5.87. The Bertz CT molecular complexity index is 2590. The lowest BCUT2D eigenvalue weighted by Gasteiger charge is -2.21. The van der Waals surface area contributed by atoms with Crippen LogP contribution in [-0.2, 0) is 0 Å². The molecule has 0 aromatic heterocycles. The van der Waals surface area contributed by atoms with Gasteiger partial charge in [-0.15, -0.1) is 0 Å². The maximum Gasteiger partial charge on any atom is 0.0177 e. The molecule has 1 nitrogen and oxygen atoms in total. The van der Waals surface area contributed by atoms with Gasteiger partial charge in [0.05, 0.1) is 0 Å². The lowest BCUT2D eigenvalue weighted by atomic mass is 9.83. The maximum absolute atomic E-state index is 7.68. The van der Waals surface area contributed by atoms with E-state index in [1.807, 2.05) is 12.1 Å². The molecule has 0 radical (unpaired) electrons. The number of hydrogen-bond donors (Lipinski definition) is 1. The third-order valence-electron chi connectivity index (χ3n) is 10.0. The number of allylic oxidation sites excluding steroid dienone is 3. The number of fused-ring (bicyclic) bond motifs is 3. The molecule has 0 bridgehead atoms. The van der Waals surface area contributed by atoms with Crippen molar-refractivity contribution in [1.82, 2.24) is 0 Å². The van der Waals surface area contributed by atoms with Gasteiger partial charge in [-0.2, -0.15) is 0 Å². The Morgan fingerprint density at radius 3 is 1.55 bits per heavy atom. The molecule has 0 saturated carbocycles. The highest BCUT2D eigenvalue weighted by atomic mass is 14.3. The molecule has 8 aromatic carbocycles. The van der Waals surface area contributed by atoms with Crippen LogP contribution in [0.5, 0.6) is 0 Å². The van der Waals surface area contributed by atoms with Crippen molar-refractivity contribution in [1.29, 1.82) is 5.41 Å². The van der Waals surface area contributed by atoms with E-state index in [1.165, 1.54) is 88.6 Å². The zero-order valence-corrected chi connectivity index (χ0v) is 29.2. The van der Waals surface area contributed by atoms with Crippen molar-refractivity contribution < 1.29 is 0 Å². The summed E-state index contributed by atoms with van der Waals surface area (Å²) in [7, 11) is 0. The molecular formula is C50H39N. The second-order valence-corrected chi connectivity index (χ2v) is 13.4. The van der Waals surface area contributed by atoms with Crippen LogP contribution >= 0.6 is 0 Å². The van der Waals surface area contributed by atoms with Gasteiger partial charge < -0.3 is 5.41 Å². The number of aryl methyl sites for hydroxylation is 3.